The topological polar surface area (TPSA) is 33.2 Å². The fraction of sp³-hybridized carbons (Fsp3) is 0.500. The van der Waals surface area contributed by atoms with Crippen molar-refractivity contribution >= 4 is 23.3 Å². The summed E-state index contributed by atoms with van der Waals surface area (Å²) in [6.07, 6.45) is 5.89. The first-order chi connectivity index (χ1) is 7.68. The van der Waals surface area contributed by atoms with E-state index in [4.69, 9.17) is 0 Å². The summed E-state index contributed by atoms with van der Waals surface area (Å²) < 4.78 is 0. The molecular formula is C12H16N2OS. The lowest BCUT2D eigenvalue weighted by Gasteiger charge is -2.23. The molecule has 1 aliphatic carbocycles. The fourth-order valence-electron chi connectivity index (χ4n) is 1.67. The minimum Gasteiger partial charge on any atom is -0.339 e. The van der Waals surface area contributed by atoms with E-state index >= 15 is 0 Å². The summed E-state index contributed by atoms with van der Waals surface area (Å²) in [6.45, 7) is 2.12. The van der Waals surface area contributed by atoms with E-state index in [1.165, 1.54) is 24.2 Å². The number of thiazole rings is 1. The van der Waals surface area contributed by atoms with Gasteiger partial charge in [-0.1, -0.05) is 0 Å². The summed E-state index contributed by atoms with van der Waals surface area (Å²) in [7, 11) is 1.87. The van der Waals surface area contributed by atoms with Crippen LogP contribution in [0.2, 0.25) is 0 Å². The predicted molar refractivity (Wildman–Crippen MR) is 66.1 cm³/mol. The maximum absolute atomic E-state index is 11.8. The number of likely N-dealkylation sites (N-methyl/N-ethyl adjacent to an activating group) is 1. The van der Waals surface area contributed by atoms with Crippen LogP contribution in [-0.4, -0.2) is 28.9 Å². The minimum atomic E-state index is 0.0624. The molecule has 4 heteroatoms. The SMILES string of the molecule is CC(C1CC1)N(C)C(=O)/C=C/c1cscn1. The van der Waals surface area contributed by atoms with Crippen LogP contribution in [0.4, 0.5) is 0 Å². The van der Waals surface area contributed by atoms with Crippen molar-refractivity contribution < 1.29 is 4.79 Å². The first kappa shape index (κ1) is 11.3. The molecule has 1 saturated carbocycles. The van der Waals surface area contributed by atoms with Crippen molar-refractivity contribution in [3.05, 3.63) is 22.7 Å². The second-order valence-electron chi connectivity index (χ2n) is 4.27. The summed E-state index contributed by atoms with van der Waals surface area (Å²) in [5, 5.41) is 1.92. The average molecular weight is 236 g/mol. The molecule has 0 aromatic carbocycles. The highest BCUT2D eigenvalue weighted by molar-refractivity contribution is 7.07. The predicted octanol–water partition coefficient (Wildman–Crippen LogP) is 2.41. The van der Waals surface area contributed by atoms with Crippen LogP contribution in [0.1, 0.15) is 25.5 Å². The van der Waals surface area contributed by atoms with E-state index in [-0.39, 0.29) is 5.91 Å². The Morgan fingerprint density at radius 3 is 3.00 bits per heavy atom. The van der Waals surface area contributed by atoms with Crippen molar-refractivity contribution in [2.45, 2.75) is 25.8 Å². The van der Waals surface area contributed by atoms with Crippen molar-refractivity contribution in [2.75, 3.05) is 7.05 Å². The highest BCUT2D eigenvalue weighted by Gasteiger charge is 2.31. The van der Waals surface area contributed by atoms with Gasteiger partial charge in [-0.3, -0.25) is 4.79 Å². The average Bonchev–Trinajstić information content (AvgIpc) is 3.01. The summed E-state index contributed by atoms with van der Waals surface area (Å²) in [6, 6.07) is 0.354. The Labute approximate surface area is 99.8 Å². The molecule has 1 aromatic rings. The summed E-state index contributed by atoms with van der Waals surface area (Å²) in [5.74, 6) is 0.772. The van der Waals surface area contributed by atoms with E-state index < -0.39 is 0 Å². The number of nitrogens with zero attached hydrogens (tertiary/aromatic N) is 2. The second kappa shape index (κ2) is 4.78. The normalized spacial score (nSPS) is 17.6. The van der Waals surface area contributed by atoms with Gasteiger partial charge in [0.2, 0.25) is 5.91 Å². The van der Waals surface area contributed by atoms with E-state index in [9.17, 15) is 4.79 Å². The molecule has 0 aliphatic heterocycles. The van der Waals surface area contributed by atoms with Gasteiger partial charge in [-0.15, -0.1) is 11.3 Å². The molecule has 86 valence electrons. The molecule has 0 saturated heterocycles. The number of amides is 1. The highest BCUT2D eigenvalue weighted by Crippen LogP contribution is 2.34. The molecule has 2 rings (SSSR count). The standard InChI is InChI=1S/C12H16N2OS/c1-9(10-3-4-10)14(2)12(15)6-5-11-7-16-8-13-11/h5-10H,3-4H2,1-2H3/b6-5+. The first-order valence-electron chi connectivity index (χ1n) is 5.51. The Kier molecular flexibility index (Phi) is 3.39. The molecule has 16 heavy (non-hydrogen) atoms. The quantitative estimate of drug-likeness (QED) is 0.752. The molecule has 3 nitrogen and oxygen atoms in total. The Bertz CT molecular complexity index is 382. The lowest BCUT2D eigenvalue weighted by Crippen LogP contribution is -2.35. The van der Waals surface area contributed by atoms with Gasteiger partial charge in [0.1, 0.15) is 0 Å². The third-order valence-electron chi connectivity index (χ3n) is 3.11. The number of rotatable bonds is 4. The van der Waals surface area contributed by atoms with Crippen LogP contribution in [0.25, 0.3) is 6.08 Å². The molecule has 1 fully saturated rings. The molecule has 1 aromatic heterocycles. The van der Waals surface area contributed by atoms with E-state index in [0.717, 1.165) is 5.69 Å². The largest absolute Gasteiger partial charge is 0.339 e. The number of hydrogen-bond acceptors (Lipinski definition) is 3. The van der Waals surface area contributed by atoms with Crippen molar-refractivity contribution in [3.63, 3.8) is 0 Å². The maximum Gasteiger partial charge on any atom is 0.246 e. The number of aromatic nitrogens is 1. The van der Waals surface area contributed by atoms with Crippen molar-refractivity contribution in [1.29, 1.82) is 0 Å². The Morgan fingerprint density at radius 1 is 1.69 bits per heavy atom. The van der Waals surface area contributed by atoms with Crippen LogP contribution in [0, 0.1) is 5.92 Å². The molecule has 0 N–H and O–H groups in total. The van der Waals surface area contributed by atoms with E-state index in [2.05, 4.69) is 11.9 Å². The molecule has 1 unspecified atom stereocenters. The van der Waals surface area contributed by atoms with Gasteiger partial charge in [0.25, 0.3) is 0 Å². The van der Waals surface area contributed by atoms with E-state index in [1.54, 1.807) is 17.7 Å². The minimum absolute atomic E-state index is 0.0624. The van der Waals surface area contributed by atoms with Gasteiger partial charge in [0.05, 0.1) is 11.2 Å². The van der Waals surface area contributed by atoms with Crippen LogP contribution in [0.15, 0.2) is 17.0 Å². The van der Waals surface area contributed by atoms with Crippen LogP contribution in [-0.2, 0) is 4.79 Å². The molecular weight excluding hydrogens is 220 g/mol. The molecule has 1 aliphatic rings. The first-order valence-corrected chi connectivity index (χ1v) is 6.46. The Hall–Kier alpha value is -1.16. The van der Waals surface area contributed by atoms with E-state index in [0.29, 0.717) is 12.0 Å². The number of carbonyl (C=O) groups is 1. The van der Waals surface area contributed by atoms with Gasteiger partial charge in [-0.25, -0.2) is 4.98 Å². The van der Waals surface area contributed by atoms with Gasteiger partial charge in [-0.2, -0.15) is 0 Å². The monoisotopic (exact) mass is 236 g/mol. The summed E-state index contributed by atoms with van der Waals surface area (Å²) in [4.78, 5) is 17.7. The van der Waals surface area contributed by atoms with Crippen molar-refractivity contribution in [3.8, 4) is 0 Å². The van der Waals surface area contributed by atoms with Crippen molar-refractivity contribution in [2.24, 2.45) is 5.92 Å². The molecule has 0 spiro atoms. The third-order valence-corrected chi connectivity index (χ3v) is 3.72. The van der Waals surface area contributed by atoms with Gasteiger partial charge >= 0.3 is 0 Å². The second-order valence-corrected chi connectivity index (χ2v) is 4.99. The summed E-state index contributed by atoms with van der Waals surface area (Å²) >= 11 is 1.53. The maximum atomic E-state index is 11.8. The summed E-state index contributed by atoms with van der Waals surface area (Å²) in [5.41, 5.74) is 2.62. The highest BCUT2D eigenvalue weighted by atomic mass is 32.1. The van der Waals surface area contributed by atoms with Gasteiger partial charge in [0, 0.05) is 24.5 Å². The Morgan fingerprint density at radius 2 is 2.44 bits per heavy atom. The Balaban J connectivity index is 1.91. The number of hydrogen-bond donors (Lipinski definition) is 0. The zero-order valence-corrected chi connectivity index (χ0v) is 10.4. The zero-order valence-electron chi connectivity index (χ0n) is 9.59. The lowest BCUT2D eigenvalue weighted by atomic mass is 10.2. The van der Waals surface area contributed by atoms with Gasteiger partial charge < -0.3 is 4.90 Å². The van der Waals surface area contributed by atoms with Crippen LogP contribution in [0.3, 0.4) is 0 Å². The molecule has 0 radical (unpaired) electrons. The fourth-order valence-corrected chi connectivity index (χ4v) is 2.20. The molecule has 0 bridgehead atoms. The molecule has 1 amide bonds. The van der Waals surface area contributed by atoms with Crippen molar-refractivity contribution in [1.82, 2.24) is 9.88 Å². The number of carbonyl (C=O) groups excluding carboxylic acids is 1. The van der Waals surface area contributed by atoms with Crippen LogP contribution < -0.4 is 0 Å². The van der Waals surface area contributed by atoms with Gasteiger partial charge in [0.15, 0.2) is 0 Å². The smallest absolute Gasteiger partial charge is 0.246 e. The van der Waals surface area contributed by atoms with Gasteiger partial charge in [-0.05, 0) is 31.8 Å². The van der Waals surface area contributed by atoms with Crippen LogP contribution >= 0.6 is 11.3 Å². The lowest BCUT2D eigenvalue weighted by molar-refractivity contribution is -0.126. The van der Waals surface area contributed by atoms with E-state index in [1.807, 2.05) is 17.3 Å². The third kappa shape index (κ3) is 2.70. The molecule has 1 heterocycles. The van der Waals surface area contributed by atoms with Crippen LogP contribution in [0.5, 0.6) is 0 Å². The zero-order chi connectivity index (χ0) is 11.5. The molecule has 1 atom stereocenters.